The summed E-state index contributed by atoms with van der Waals surface area (Å²) < 4.78 is 0. The molecule has 0 fully saturated rings. The smallest absolute Gasteiger partial charge is 0.0172 e. The Hall–Kier alpha value is -0.520. The molecule has 0 saturated heterocycles. The van der Waals surface area contributed by atoms with E-state index in [1.165, 1.54) is 19.3 Å². The lowest BCUT2D eigenvalue weighted by Crippen LogP contribution is -2.06. The fourth-order valence-corrected chi connectivity index (χ4v) is 1.08. The molecule has 0 bridgehead atoms. The van der Waals surface area contributed by atoms with Gasteiger partial charge in [0, 0.05) is 0 Å². The predicted molar refractivity (Wildman–Crippen MR) is 57.3 cm³/mol. The van der Waals surface area contributed by atoms with Crippen LogP contribution in [0.2, 0.25) is 0 Å². The molecule has 0 heterocycles. The topological polar surface area (TPSA) is 0 Å². The maximum Gasteiger partial charge on any atom is -0.0172 e. The average Bonchev–Trinajstić information content (AvgIpc) is 1.98. The lowest BCUT2D eigenvalue weighted by Gasteiger charge is -2.19. The van der Waals surface area contributed by atoms with Crippen LogP contribution in [0.15, 0.2) is 24.3 Å². The van der Waals surface area contributed by atoms with E-state index in [0.717, 1.165) is 5.57 Å². The zero-order chi connectivity index (χ0) is 9.61. The van der Waals surface area contributed by atoms with Gasteiger partial charge in [-0.25, -0.2) is 0 Å². The highest BCUT2D eigenvalue weighted by Crippen LogP contribution is 2.25. The van der Waals surface area contributed by atoms with Crippen LogP contribution in [0.3, 0.4) is 0 Å². The van der Waals surface area contributed by atoms with Crippen LogP contribution in [0.1, 0.15) is 47.0 Å². The molecule has 12 heavy (non-hydrogen) atoms. The Bertz CT molecular complexity index is 161. The molecule has 0 radical (unpaired) electrons. The monoisotopic (exact) mass is 166 g/mol. The summed E-state index contributed by atoms with van der Waals surface area (Å²) in [5, 5.41) is 0. The van der Waals surface area contributed by atoms with Crippen molar-refractivity contribution < 1.29 is 0 Å². The minimum atomic E-state index is 0.342. The fourth-order valence-electron chi connectivity index (χ4n) is 1.08. The van der Waals surface area contributed by atoms with E-state index < -0.39 is 0 Å². The highest BCUT2D eigenvalue weighted by molar-refractivity contribution is 5.13. The molecule has 0 N–H and O–H groups in total. The summed E-state index contributed by atoms with van der Waals surface area (Å²) in [5.74, 6) is 0. The molecule has 0 heteroatoms. The summed E-state index contributed by atoms with van der Waals surface area (Å²) >= 11 is 0. The SMILES string of the molecule is C=C(C)/C=C/C(C)(C)CCCC. The number of hydrogen-bond donors (Lipinski definition) is 0. The second-order valence-corrected chi connectivity index (χ2v) is 4.27. The summed E-state index contributed by atoms with van der Waals surface area (Å²) in [6.07, 6.45) is 8.26. The molecule has 0 atom stereocenters. The van der Waals surface area contributed by atoms with Crippen molar-refractivity contribution in [2.75, 3.05) is 0 Å². The van der Waals surface area contributed by atoms with Gasteiger partial charge in [0.05, 0.1) is 0 Å². The summed E-state index contributed by atoms with van der Waals surface area (Å²) in [5.41, 5.74) is 1.48. The van der Waals surface area contributed by atoms with Gasteiger partial charge in [-0.3, -0.25) is 0 Å². The van der Waals surface area contributed by atoms with Gasteiger partial charge in [-0.15, -0.1) is 0 Å². The van der Waals surface area contributed by atoms with Crippen molar-refractivity contribution in [3.8, 4) is 0 Å². The first-order valence-corrected chi connectivity index (χ1v) is 4.82. The van der Waals surface area contributed by atoms with Crippen LogP contribution in [-0.2, 0) is 0 Å². The molecule has 0 aromatic heterocycles. The second kappa shape index (κ2) is 5.18. The van der Waals surface area contributed by atoms with E-state index in [-0.39, 0.29) is 0 Å². The van der Waals surface area contributed by atoms with Crippen molar-refractivity contribution in [2.24, 2.45) is 5.41 Å². The molecule has 0 saturated carbocycles. The van der Waals surface area contributed by atoms with Crippen LogP contribution < -0.4 is 0 Å². The molecule has 0 aromatic rings. The van der Waals surface area contributed by atoms with Crippen molar-refractivity contribution in [3.05, 3.63) is 24.3 Å². The molecule has 0 nitrogen and oxygen atoms in total. The standard InChI is InChI=1S/C12H22/c1-6-7-9-12(4,5)10-8-11(2)3/h8,10H,2,6-7,9H2,1,3-5H3/b10-8+. The van der Waals surface area contributed by atoms with Gasteiger partial charge in [-0.2, -0.15) is 0 Å². The minimum Gasteiger partial charge on any atom is -0.0961 e. The highest BCUT2D eigenvalue weighted by atomic mass is 14.2. The first-order chi connectivity index (χ1) is 5.48. The first kappa shape index (κ1) is 11.5. The zero-order valence-corrected chi connectivity index (χ0v) is 8.98. The highest BCUT2D eigenvalue weighted by Gasteiger charge is 2.11. The third kappa shape index (κ3) is 6.21. The van der Waals surface area contributed by atoms with Crippen LogP contribution in [-0.4, -0.2) is 0 Å². The van der Waals surface area contributed by atoms with Crippen LogP contribution in [0, 0.1) is 5.41 Å². The summed E-state index contributed by atoms with van der Waals surface area (Å²) in [6, 6.07) is 0. The molecule has 70 valence electrons. The van der Waals surface area contributed by atoms with Gasteiger partial charge in [-0.05, 0) is 18.8 Å². The van der Waals surface area contributed by atoms with Crippen LogP contribution >= 0.6 is 0 Å². The van der Waals surface area contributed by atoms with E-state index in [4.69, 9.17) is 0 Å². The van der Waals surface area contributed by atoms with Crippen molar-refractivity contribution in [3.63, 3.8) is 0 Å². The number of allylic oxidation sites excluding steroid dienone is 3. The maximum absolute atomic E-state index is 3.85. The van der Waals surface area contributed by atoms with Gasteiger partial charge >= 0.3 is 0 Å². The Morgan fingerprint density at radius 2 is 2.00 bits per heavy atom. The Labute approximate surface area is 77.4 Å². The van der Waals surface area contributed by atoms with Crippen molar-refractivity contribution in [1.29, 1.82) is 0 Å². The third-order valence-electron chi connectivity index (χ3n) is 1.99. The molecule has 0 aliphatic rings. The number of rotatable bonds is 5. The lowest BCUT2D eigenvalue weighted by molar-refractivity contribution is 0.419. The normalized spacial score (nSPS) is 12.3. The molecule has 0 aliphatic carbocycles. The molecule has 0 rings (SSSR count). The van der Waals surface area contributed by atoms with Crippen LogP contribution in [0.4, 0.5) is 0 Å². The van der Waals surface area contributed by atoms with Gasteiger partial charge in [-0.1, -0.05) is 57.9 Å². The van der Waals surface area contributed by atoms with Crippen molar-refractivity contribution in [2.45, 2.75) is 47.0 Å². The lowest BCUT2D eigenvalue weighted by atomic mass is 9.86. The van der Waals surface area contributed by atoms with E-state index in [2.05, 4.69) is 39.5 Å². The van der Waals surface area contributed by atoms with E-state index in [9.17, 15) is 0 Å². The number of unbranched alkanes of at least 4 members (excludes halogenated alkanes) is 1. The summed E-state index contributed by atoms with van der Waals surface area (Å²) in [4.78, 5) is 0. The van der Waals surface area contributed by atoms with Gasteiger partial charge in [0.25, 0.3) is 0 Å². The zero-order valence-electron chi connectivity index (χ0n) is 8.98. The molecule has 0 unspecified atom stereocenters. The largest absolute Gasteiger partial charge is 0.0961 e. The van der Waals surface area contributed by atoms with Crippen molar-refractivity contribution >= 4 is 0 Å². The summed E-state index contributed by atoms with van der Waals surface area (Å²) in [6.45, 7) is 12.7. The second-order valence-electron chi connectivity index (χ2n) is 4.27. The molecule has 0 aromatic carbocycles. The maximum atomic E-state index is 3.85. The van der Waals surface area contributed by atoms with E-state index in [1.807, 2.05) is 6.92 Å². The Balaban J connectivity index is 3.93. The van der Waals surface area contributed by atoms with Gasteiger partial charge in [0.1, 0.15) is 0 Å². The molecule has 0 spiro atoms. The fraction of sp³-hybridized carbons (Fsp3) is 0.667. The molecular weight excluding hydrogens is 144 g/mol. The first-order valence-electron chi connectivity index (χ1n) is 4.82. The Morgan fingerprint density at radius 1 is 1.42 bits per heavy atom. The van der Waals surface area contributed by atoms with Gasteiger partial charge < -0.3 is 0 Å². The average molecular weight is 166 g/mol. The van der Waals surface area contributed by atoms with E-state index in [0.29, 0.717) is 5.41 Å². The van der Waals surface area contributed by atoms with Crippen LogP contribution in [0.5, 0.6) is 0 Å². The Morgan fingerprint density at radius 3 is 2.42 bits per heavy atom. The van der Waals surface area contributed by atoms with Crippen LogP contribution in [0.25, 0.3) is 0 Å². The van der Waals surface area contributed by atoms with E-state index >= 15 is 0 Å². The Kier molecular flexibility index (Phi) is 4.96. The van der Waals surface area contributed by atoms with Gasteiger partial charge in [0.15, 0.2) is 0 Å². The van der Waals surface area contributed by atoms with Gasteiger partial charge in [0.2, 0.25) is 0 Å². The quantitative estimate of drug-likeness (QED) is 0.533. The molecular formula is C12H22. The van der Waals surface area contributed by atoms with E-state index in [1.54, 1.807) is 0 Å². The van der Waals surface area contributed by atoms with Crippen molar-refractivity contribution in [1.82, 2.24) is 0 Å². The summed E-state index contributed by atoms with van der Waals surface area (Å²) in [7, 11) is 0. The number of hydrogen-bond acceptors (Lipinski definition) is 0. The molecule has 0 aliphatic heterocycles. The minimum absolute atomic E-state index is 0.342. The molecule has 0 amide bonds. The third-order valence-corrected chi connectivity index (χ3v) is 1.99. The predicted octanol–water partition coefficient (Wildman–Crippen LogP) is 4.34.